The van der Waals surface area contributed by atoms with Gasteiger partial charge in [-0.3, -0.25) is 9.59 Å². The highest BCUT2D eigenvalue weighted by molar-refractivity contribution is 6.30. The summed E-state index contributed by atoms with van der Waals surface area (Å²) in [5.41, 5.74) is 4.11. The Hall–Kier alpha value is -3.11. The van der Waals surface area contributed by atoms with Gasteiger partial charge in [0, 0.05) is 31.5 Å². The average Bonchev–Trinajstić information content (AvgIpc) is 2.77. The predicted octanol–water partition coefficient (Wildman–Crippen LogP) is 4.92. The van der Waals surface area contributed by atoms with Gasteiger partial charge in [-0.2, -0.15) is 0 Å². The van der Waals surface area contributed by atoms with E-state index in [9.17, 15) is 9.59 Å². The minimum Gasteiger partial charge on any atom is -0.350 e. The Kier molecular flexibility index (Phi) is 7.85. The summed E-state index contributed by atoms with van der Waals surface area (Å²) in [7, 11) is 0. The maximum absolute atomic E-state index is 13.3. The molecule has 31 heavy (non-hydrogen) atoms. The van der Waals surface area contributed by atoms with Crippen molar-refractivity contribution >= 4 is 23.4 Å². The van der Waals surface area contributed by atoms with Gasteiger partial charge < -0.3 is 10.2 Å². The van der Waals surface area contributed by atoms with Crippen LogP contribution >= 0.6 is 11.6 Å². The zero-order valence-corrected chi connectivity index (χ0v) is 18.6. The fourth-order valence-corrected chi connectivity index (χ4v) is 3.55. The first-order valence-electron chi connectivity index (χ1n) is 10.3. The van der Waals surface area contributed by atoms with Crippen molar-refractivity contribution in [3.05, 3.63) is 106 Å². The highest BCUT2D eigenvalue weighted by atomic mass is 35.5. The van der Waals surface area contributed by atoms with Crippen LogP contribution in [0.4, 0.5) is 0 Å². The van der Waals surface area contributed by atoms with E-state index in [0.29, 0.717) is 24.5 Å². The number of nitrogens with zero attached hydrogens (tertiary/aromatic N) is 1. The first kappa shape index (κ1) is 22.6. The van der Waals surface area contributed by atoms with Crippen LogP contribution in [0.25, 0.3) is 0 Å². The molecule has 0 radical (unpaired) electrons. The molecular weight excluding hydrogens is 408 g/mol. The maximum atomic E-state index is 13.3. The third kappa shape index (κ3) is 6.69. The number of nitrogens with one attached hydrogen (secondary N) is 1. The van der Waals surface area contributed by atoms with Gasteiger partial charge in [-0.1, -0.05) is 83.9 Å². The number of carbonyl (C=O) groups excluding carboxylic acids is 2. The molecule has 4 nitrogen and oxygen atoms in total. The Morgan fingerprint density at radius 3 is 2.10 bits per heavy atom. The second kappa shape index (κ2) is 10.8. The first-order chi connectivity index (χ1) is 14.9. The normalized spacial score (nSPS) is 11.6. The second-order valence-corrected chi connectivity index (χ2v) is 8.12. The Bertz CT molecular complexity index is 1000. The largest absolute Gasteiger partial charge is 0.350 e. The third-order valence-corrected chi connectivity index (χ3v) is 5.46. The number of rotatable bonds is 8. The number of carbonyl (C=O) groups is 2. The van der Waals surface area contributed by atoms with E-state index in [-0.39, 0.29) is 11.8 Å². The molecule has 0 aliphatic carbocycles. The van der Waals surface area contributed by atoms with E-state index in [1.807, 2.05) is 73.7 Å². The van der Waals surface area contributed by atoms with Crippen LogP contribution in [0.15, 0.2) is 78.9 Å². The monoisotopic (exact) mass is 434 g/mol. The minimum absolute atomic E-state index is 0.152. The van der Waals surface area contributed by atoms with Gasteiger partial charge in [0.15, 0.2) is 0 Å². The lowest BCUT2D eigenvalue weighted by atomic mass is 10.0. The van der Waals surface area contributed by atoms with Crippen LogP contribution in [-0.4, -0.2) is 22.8 Å². The number of benzene rings is 3. The number of amides is 2. The summed E-state index contributed by atoms with van der Waals surface area (Å²) < 4.78 is 0. The van der Waals surface area contributed by atoms with Gasteiger partial charge in [-0.05, 0) is 35.7 Å². The van der Waals surface area contributed by atoms with Gasteiger partial charge in [0.2, 0.25) is 11.8 Å². The summed E-state index contributed by atoms with van der Waals surface area (Å²) in [6.45, 7) is 4.28. The summed E-state index contributed by atoms with van der Waals surface area (Å²) in [6.07, 6.45) is 0.438. The highest BCUT2D eigenvalue weighted by Gasteiger charge is 2.28. The molecule has 2 amide bonds. The second-order valence-electron chi connectivity index (χ2n) is 7.68. The summed E-state index contributed by atoms with van der Waals surface area (Å²) in [4.78, 5) is 27.5. The van der Waals surface area contributed by atoms with Crippen molar-refractivity contribution < 1.29 is 9.59 Å². The molecule has 0 unspecified atom stereocenters. The summed E-state index contributed by atoms with van der Waals surface area (Å²) >= 11 is 6.00. The number of hydrogen-bond acceptors (Lipinski definition) is 2. The molecular formula is C26H27ClN2O2. The smallest absolute Gasteiger partial charge is 0.243 e. The number of halogens is 1. The van der Waals surface area contributed by atoms with Crippen LogP contribution in [-0.2, 0) is 29.1 Å². The molecule has 5 heteroatoms. The van der Waals surface area contributed by atoms with Crippen molar-refractivity contribution in [2.45, 2.75) is 39.4 Å². The summed E-state index contributed by atoms with van der Waals surface area (Å²) in [5, 5.41) is 3.65. The van der Waals surface area contributed by atoms with Crippen molar-refractivity contribution in [3.63, 3.8) is 0 Å². The van der Waals surface area contributed by atoms with E-state index in [2.05, 4.69) is 5.32 Å². The summed E-state index contributed by atoms with van der Waals surface area (Å²) in [6, 6.07) is 24.5. The van der Waals surface area contributed by atoms with Crippen molar-refractivity contribution in [2.24, 2.45) is 0 Å². The molecule has 0 heterocycles. The van der Waals surface area contributed by atoms with Crippen LogP contribution in [0, 0.1) is 6.92 Å². The molecule has 0 saturated heterocycles. The predicted molar refractivity (Wildman–Crippen MR) is 125 cm³/mol. The van der Waals surface area contributed by atoms with Crippen molar-refractivity contribution in [3.8, 4) is 0 Å². The standard InChI is InChI=1S/C26H27ClN2O2/c1-19-8-10-22(11-9-19)17-28-26(31)25(16-21-6-4-3-5-7-21)29(20(2)30)18-23-12-14-24(27)15-13-23/h3-15,25H,16-18H2,1-2H3,(H,28,31)/t25-/m0/s1. The van der Waals surface area contributed by atoms with E-state index in [1.54, 1.807) is 17.0 Å². The highest BCUT2D eigenvalue weighted by Crippen LogP contribution is 2.17. The summed E-state index contributed by atoms with van der Waals surface area (Å²) in [5.74, 6) is -0.324. The van der Waals surface area contributed by atoms with Gasteiger partial charge in [-0.15, -0.1) is 0 Å². The molecule has 0 aliphatic rings. The zero-order chi connectivity index (χ0) is 22.2. The third-order valence-electron chi connectivity index (χ3n) is 5.21. The number of hydrogen-bond donors (Lipinski definition) is 1. The Morgan fingerprint density at radius 2 is 1.48 bits per heavy atom. The van der Waals surface area contributed by atoms with Crippen molar-refractivity contribution in [2.75, 3.05) is 0 Å². The molecule has 160 valence electrons. The van der Waals surface area contributed by atoms with Gasteiger partial charge >= 0.3 is 0 Å². The lowest BCUT2D eigenvalue weighted by Crippen LogP contribution is -2.49. The van der Waals surface area contributed by atoms with E-state index < -0.39 is 6.04 Å². The van der Waals surface area contributed by atoms with Gasteiger partial charge in [0.05, 0.1) is 0 Å². The van der Waals surface area contributed by atoms with Gasteiger partial charge in [-0.25, -0.2) is 0 Å². The van der Waals surface area contributed by atoms with Gasteiger partial charge in [0.1, 0.15) is 6.04 Å². The van der Waals surface area contributed by atoms with Crippen LogP contribution in [0.1, 0.15) is 29.2 Å². The molecule has 0 aromatic heterocycles. The quantitative estimate of drug-likeness (QED) is 0.546. The van der Waals surface area contributed by atoms with E-state index in [4.69, 9.17) is 11.6 Å². The molecule has 1 atom stereocenters. The molecule has 3 rings (SSSR count). The van der Waals surface area contributed by atoms with E-state index in [0.717, 1.165) is 16.7 Å². The Balaban J connectivity index is 1.81. The molecule has 3 aromatic rings. The molecule has 0 aliphatic heterocycles. The molecule has 3 aromatic carbocycles. The first-order valence-corrected chi connectivity index (χ1v) is 10.7. The van der Waals surface area contributed by atoms with Crippen LogP contribution < -0.4 is 5.32 Å². The lowest BCUT2D eigenvalue weighted by molar-refractivity contribution is -0.139. The lowest BCUT2D eigenvalue weighted by Gasteiger charge is -2.30. The number of aryl methyl sites for hydroxylation is 1. The van der Waals surface area contributed by atoms with Gasteiger partial charge in [0.25, 0.3) is 0 Å². The van der Waals surface area contributed by atoms with Crippen molar-refractivity contribution in [1.29, 1.82) is 0 Å². The maximum Gasteiger partial charge on any atom is 0.243 e. The Morgan fingerprint density at radius 1 is 0.871 bits per heavy atom. The average molecular weight is 435 g/mol. The van der Waals surface area contributed by atoms with E-state index in [1.165, 1.54) is 12.5 Å². The topological polar surface area (TPSA) is 49.4 Å². The van der Waals surface area contributed by atoms with Crippen LogP contribution in [0.5, 0.6) is 0 Å². The molecule has 0 fully saturated rings. The molecule has 0 spiro atoms. The molecule has 0 saturated carbocycles. The minimum atomic E-state index is -0.624. The fraction of sp³-hybridized carbons (Fsp3) is 0.231. The Labute approximate surface area is 188 Å². The van der Waals surface area contributed by atoms with Crippen LogP contribution in [0.3, 0.4) is 0 Å². The molecule has 1 N–H and O–H groups in total. The SMILES string of the molecule is CC(=O)N(Cc1ccc(Cl)cc1)[C@@H](Cc1ccccc1)C(=O)NCc1ccc(C)cc1. The van der Waals surface area contributed by atoms with Crippen molar-refractivity contribution in [1.82, 2.24) is 10.2 Å². The zero-order valence-electron chi connectivity index (χ0n) is 17.8. The van der Waals surface area contributed by atoms with Crippen LogP contribution in [0.2, 0.25) is 5.02 Å². The molecule has 0 bridgehead atoms. The fourth-order valence-electron chi connectivity index (χ4n) is 3.42. The van der Waals surface area contributed by atoms with E-state index >= 15 is 0 Å².